The van der Waals surface area contributed by atoms with Crippen LogP contribution in [0.1, 0.15) is 33.3 Å². The second-order valence-electron chi connectivity index (χ2n) is 3.33. The van der Waals surface area contributed by atoms with E-state index in [1.807, 2.05) is 64.1 Å². The topological polar surface area (TPSA) is 0 Å². The summed E-state index contributed by atoms with van der Waals surface area (Å²) in [5, 5.41) is 0.787. The van der Waals surface area contributed by atoms with E-state index < -0.39 is 0 Å². The molecule has 0 N–H and O–H groups in total. The molecule has 0 unspecified atom stereocenters. The van der Waals surface area contributed by atoms with Crippen LogP contribution in [0.5, 0.6) is 0 Å². The Bertz CT molecular complexity index is 433. The molecule has 0 aliphatic heterocycles. The first kappa shape index (κ1) is 16.7. The second-order valence-corrected chi connectivity index (χ2v) is 3.76. The first-order valence-electron chi connectivity index (χ1n) is 6.59. The molecule has 0 amide bonds. The zero-order chi connectivity index (χ0) is 14.0. The lowest BCUT2D eigenvalue weighted by Crippen LogP contribution is -1.82. The maximum Gasteiger partial charge on any atom is 0.0412 e. The maximum atomic E-state index is 5.97. The van der Waals surface area contributed by atoms with E-state index in [1.54, 1.807) is 0 Å². The first-order valence-corrected chi connectivity index (χ1v) is 6.97. The molecule has 0 aromatic heterocycles. The summed E-state index contributed by atoms with van der Waals surface area (Å²) in [6.45, 7) is 10.1. The van der Waals surface area contributed by atoms with Gasteiger partial charge in [-0.1, -0.05) is 75.7 Å². The van der Waals surface area contributed by atoms with Crippen molar-refractivity contribution in [3.8, 4) is 11.1 Å². The van der Waals surface area contributed by atoms with Crippen molar-refractivity contribution in [2.24, 2.45) is 0 Å². The van der Waals surface area contributed by atoms with Crippen molar-refractivity contribution in [1.82, 2.24) is 0 Å². The molecule has 0 nitrogen and oxygen atoms in total. The first-order chi connectivity index (χ1) is 8.77. The summed E-state index contributed by atoms with van der Waals surface area (Å²) in [6, 6.07) is 16.3. The van der Waals surface area contributed by atoms with Gasteiger partial charge >= 0.3 is 0 Å². The molecule has 2 rings (SSSR count). The van der Waals surface area contributed by atoms with Gasteiger partial charge in [-0.15, -0.1) is 0 Å². The fourth-order valence-corrected chi connectivity index (χ4v) is 1.70. The minimum atomic E-state index is 0.787. The van der Waals surface area contributed by atoms with Crippen molar-refractivity contribution in [2.45, 2.75) is 34.6 Å². The molecule has 0 aliphatic carbocycles. The van der Waals surface area contributed by atoms with Crippen LogP contribution in [0, 0.1) is 6.92 Å². The quantitative estimate of drug-likeness (QED) is 0.560. The summed E-state index contributed by atoms with van der Waals surface area (Å²) in [5.41, 5.74) is 3.67. The van der Waals surface area contributed by atoms with Crippen molar-refractivity contribution < 1.29 is 0 Å². The average molecular weight is 263 g/mol. The molecule has 0 heterocycles. The van der Waals surface area contributed by atoms with Gasteiger partial charge in [0.25, 0.3) is 0 Å². The highest BCUT2D eigenvalue weighted by molar-refractivity contribution is 6.30. The highest BCUT2D eigenvalue weighted by Crippen LogP contribution is 2.25. The Balaban J connectivity index is 0.000000659. The summed E-state index contributed by atoms with van der Waals surface area (Å²) in [4.78, 5) is 0. The Hall–Kier alpha value is -1.27. The van der Waals surface area contributed by atoms with E-state index >= 15 is 0 Å². The van der Waals surface area contributed by atoms with Crippen molar-refractivity contribution in [3.63, 3.8) is 0 Å². The van der Waals surface area contributed by atoms with Gasteiger partial charge in [-0.25, -0.2) is 0 Å². The molecule has 18 heavy (non-hydrogen) atoms. The Labute approximate surface area is 117 Å². The Morgan fingerprint density at radius 1 is 0.778 bits per heavy atom. The predicted molar refractivity (Wildman–Crippen MR) is 84.3 cm³/mol. The number of halogens is 1. The smallest absolute Gasteiger partial charge is 0.0412 e. The maximum absolute atomic E-state index is 5.97. The summed E-state index contributed by atoms with van der Waals surface area (Å²) < 4.78 is 0. The molecule has 0 radical (unpaired) electrons. The Morgan fingerprint density at radius 2 is 1.33 bits per heavy atom. The van der Waals surface area contributed by atoms with E-state index in [0.717, 1.165) is 5.02 Å². The second kappa shape index (κ2) is 9.73. The van der Waals surface area contributed by atoms with Crippen LogP contribution in [0.3, 0.4) is 0 Å². The van der Waals surface area contributed by atoms with Gasteiger partial charge in [-0.3, -0.25) is 0 Å². The van der Waals surface area contributed by atoms with Gasteiger partial charge in [-0.2, -0.15) is 0 Å². The molecule has 0 aliphatic rings. The number of benzene rings is 2. The van der Waals surface area contributed by atoms with Crippen LogP contribution in [0.2, 0.25) is 5.02 Å². The molecule has 2 aromatic carbocycles. The minimum absolute atomic E-state index is 0.787. The van der Waals surface area contributed by atoms with Crippen molar-refractivity contribution in [3.05, 3.63) is 59.1 Å². The van der Waals surface area contributed by atoms with Crippen LogP contribution in [0.25, 0.3) is 11.1 Å². The van der Waals surface area contributed by atoms with Crippen LogP contribution >= 0.6 is 11.6 Å². The van der Waals surface area contributed by atoms with Crippen LogP contribution in [0.4, 0.5) is 0 Å². The Kier molecular flexibility index (Phi) is 9.04. The van der Waals surface area contributed by atoms with Crippen molar-refractivity contribution >= 4 is 11.6 Å². The highest BCUT2D eigenvalue weighted by atomic mass is 35.5. The highest BCUT2D eigenvalue weighted by Gasteiger charge is 2.01. The third kappa shape index (κ3) is 4.93. The molecule has 1 heteroatoms. The largest absolute Gasteiger partial charge is 0.0843 e. The summed E-state index contributed by atoms with van der Waals surface area (Å²) >= 11 is 5.97. The SMILES string of the molecule is CC.CC.Cc1ccc(Cl)cc1-c1ccccc1. The van der Waals surface area contributed by atoms with E-state index in [4.69, 9.17) is 11.6 Å². The summed E-state index contributed by atoms with van der Waals surface area (Å²) in [6.07, 6.45) is 0. The molecular weight excluding hydrogens is 240 g/mol. The summed E-state index contributed by atoms with van der Waals surface area (Å²) in [7, 11) is 0. The van der Waals surface area contributed by atoms with E-state index in [-0.39, 0.29) is 0 Å². The zero-order valence-electron chi connectivity index (χ0n) is 12.0. The van der Waals surface area contributed by atoms with Crippen LogP contribution in [-0.2, 0) is 0 Å². The van der Waals surface area contributed by atoms with Gasteiger partial charge in [0.1, 0.15) is 0 Å². The monoisotopic (exact) mass is 262 g/mol. The number of rotatable bonds is 1. The van der Waals surface area contributed by atoms with Gasteiger partial charge in [0.05, 0.1) is 0 Å². The van der Waals surface area contributed by atoms with Crippen molar-refractivity contribution in [1.29, 1.82) is 0 Å². The molecule has 0 fully saturated rings. The standard InChI is InChI=1S/C13H11Cl.2C2H6/c1-10-7-8-12(14)9-13(10)11-5-3-2-4-6-11;2*1-2/h2-9H,1H3;2*1-2H3. The molecule has 0 bridgehead atoms. The van der Waals surface area contributed by atoms with Gasteiger partial charge in [0, 0.05) is 5.02 Å². The summed E-state index contributed by atoms with van der Waals surface area (Å²) in [5.74, 6) is 0. The molecule has 0 saturated carbocycles. The van der Waals surface area contributed by atoms with Crippen LogP contribution in [0.15, 0.2) is 48.5 Å². The van der Waals surface area contributed by atoms with Crippen LogP contribution in [-0.4, -0.2) is 0 Å². The lowest BCUT2D eigenvalue weighted by Gasteiger charge is -2.05. The third-order valence-corrected chi connectivity index (χ3v) is 2.52. The van der Waals surface area contributed by atoms with Gasteiger partial charge in [0.2, 0.25) is 0 Å². The molecule has 0 spiro atoms. The van der Waals surface area contributed by atoms with E-state index in [2.05, 4.69) is 19.1 Å². The molecule has 2 aromatic rings. The number of hydrogen-bond donors (Lipinski definition) is 0. The normalized spacial score (nSPS) is 8.56. The lowest BCUT2D eigenvalue weighted by molar-refractivity contribution is 1.46. The van der Waals surface area contributed by atoms with Crippen molar-refractivity contribution in [2.75, 3.05) is 0 Å². The van der Waals surface area contributed by atoms with Gasteiger partial charge < -0.3 is 0 Å². The number of aryl methyl sites for hydroxylation is 1. The number of hydrogen-bond acceptors (Lipinski definition) is 0. The minimum Gasteiger partial charge on any atom is -0.0843 e. The lowest BCUT2D eigenvalue weighted by atomic mass is 10.0. The molecule has 0 atom stereocenters. The third-order valence-electron chi connectivity index (χ3n) is 2.28. The molecule has 98 valence electrons. The Morgan fingerprint density at radius 3 is 1.89 bits per heavy atom. The zero-order valence-corrected chi connectivity index (χ0v) is 12.8. The van der Waals surface area contributed by atoms with Gasteiger partial charge in [-0.05, 0) is 35.7 Å². The molecule has 0 saturated heterocycles. The fourth-order valence-electron chi connectivity index (χ4n) is 1.52. The fraction of sp³-hybridized carbons (Fsp3) is 0.294. The van der Waals surface area contributed by atoms with Crippen LogP contribution < -0.4 is 0 Å². The van der Waals surface area contributed by atoms with E-state index in [1.165, 1.54) is 16.7 Å². The van der Waals surface area contributed by atoms with E-state index in [9.17, 15) is 0 Å². The predicted octanol–water partition coefficient (Wildman–Crippen LogP) is 6.37. The average Bonchev–Trinajstić information content (AvgIpc) is 2.47. The van der Waals surface area contributed by atoms with E-state index in [0.29, 0.717) is 0 Å². The molecular formula is C17H23Cl. The van der Waals surface area contributed by atoms with Gasteiger partial charge in [0.15, 0.2) is 0 Å².